The minimum atomic E-state index is 0.416. The molecule has 5 rings (SSSR count). The van der Waals surface area contributed by atoms with Crippen LogP contribution in [-0.4, -0.2) is 29.6 Å². The molecule has 2 nitrogen and oxygen atoms in total. The van der Waals surface area contributed by atoms with Gasteiger partial charge in [0.1, 0.15) is 0 Å². The molecular formula is C19H34N2. The Morgan fingerprint density at radius 1 is 1.00 bits per heavy atom. The van der Waals surface area contributed by atoms with E-state index in [0.29, 0.717) is 23.4 Å². The Kier molecular flexibility index (Phi) is 3.43. The standard InChI is InChI=1S/C19H34N2/c1-12-13(2)21(5-4-18(12)20)14(3)19-9-15-6-16(10-19)8-17(7-15)11-19/h12-18H,4-11,20H2,1-3H3. The zero-order valence-electron chi connectivity index (χ0n) is 14.2. The molecule has 2 heteroatoms. The van der Waals surface area contributed by atoms with Gasteiger partial charge in [-0.15, -0.1) is 0 Å². The number of rotatable bonds is 2. The summed E-state index contributed by atoms with van der Waals surface area (Å²) in [6, 6.07) is 1.85. The van der Waals surface area contributed by atoms with Crippen LogP contribution < -0.4 is 5.73 Å². The molecule has 0 aromatic heterocycles. The summed E-state index contributed by atoms with van der Waals surface area (Å²) < 4.78 is 0. The molecule has 4 unspecified atom stereocenters. The van der Waals surface area contributed by atoms with Gasteiger partial charge < -0.3 is 5.73 Å². The van der Waals surface area contributed by atoms with E-state index >= 15 is 0 Å². The molecule has 0 radical (unpaired) electrons. The maximum atomic E-state index is 6.31. The van der Waals surface area contributed by atoms with Crippen LogP contribution in [0.2, 0.25) is 0 Å². The number of hydrogen-bond donors (Lipinski definition) is 1. The van der Waals surface area contributed by atoms with Gasteiger partial charge in [-0.1, -0.05) is 6.92 Å². The van der Waals surface area contributed by atoms with Crippen molar-refractivity contribution in [3.05, 3.63) is 0 Å². The molecule has 1 heterocycles. The molecule has 120 valence electrons. The summed E-state index contributed by atoms with van der Waals surface area (Å²) in [4.78, 5) is 2.85. The highest BCUT2D eigenvalue weighted by atomic mass is 15.2. The van der Waals surface area contributed by atoms with Crippen molar-refractivity contribution in [3.8, 4) is 0 Å². The van der Waals surface area contributed by atoms with Crippen LogP contribution in [0.5, 0.6) is 0 Å². The third-order valence-corrected chi connectivity index (χ3v) is 8.15. The van der Waals surface area contributed by atoms with Crippen LogP contribution >= 0.6 is 0 Å². The van der Waals surface area contributed by atoms with Crippen LogP contribution in [0.1, 0.15) is 65.7 Å². The van der Waals surface area contributed by atoms with E-state index in [1.807, 2.05) is 0 Å². The maximum Gasteiger partial charge on any atom is 0.0127 e. The van der Waals surface area contributed by atoms with Gasteiger partial charge in [-0.25, -0.2) is 0 Å². The van der Waals surface area contributed by atoms with E-state index in [0.717, 1.165) is 23.8 Å². The molecule has 4 bridgehead atoms. The molecule has 1 aliphatic heterocycles. The van der Waals surface area contributed by atoms with Crippen LogP contribution in [0.25, 0.3) is 0 Å². The lowest BCUT2D eigenvalue weighted by Gasteiger charge is -2.62. The molecule has 0 spiro atoms. The number of nitrogens with two attached hydrogens (primary N) is 1. The van der Waals surface area contributed by atoms with E-state index in [1.54, 1.807) is 19.3 Å². The third kappa shape index (κ3) is 2.20. The topological polar surface area (TPSA) is 29.3 Å². The zero-order chi connectivity index (χ0) is 14.8. The molecule has 21 heavy (non-hydrogen) atoms. The van der Waals surface area contributed by atoms with Crippen LogP contribution in [-0.2, 0) is 0 Å². The lowest BCUT2D eigenvalue weighted by molar-refractivity contribution is -0.112. The Morgan fingerprint density at radius 2 is 1.52 bits per heavy atom. The molecule has 1 saturated heterocycles. The predicted molar refractivity (Wildman–Crippen MR) is 88.0 cm³/mol. The zero-order valence-corrected chi connectivity index (χ0v) is 14.2. The van der Waals surface area contributed by atoms with Gasteiger partial charge >= 0.3 is 0 Å². The summed E-state index contributed by atoms with van der Waals surface area (Å²) in [6.07, 6.45) is 10.5. The van der Waals surface area contributed by atoms with Crippen molar-refractivity contribution in [2.24, 2.45) is 34.8 Å². The summed E-state index contributed by atoms with van der Waals surface area (Å²) in [5.41, 5.74) is 6.97. The Morgan fingerprint density at radius 3 is 2.05 bits per heavy atom. The molecule has 0 amide bonds. The highest BCUT2D eigenvalue weighted by Crippen LogP contribution is 2.62. The average molecular weight is 290 g/mol. The van der Waals surface area contributed by atoms with Crippen LogP contribution in [0.3, 0.4) is 0 Å². The Bertz CT molecular complexity index is 369. The second-order valence-corrected chi connectivity index (χ2v) is 9.25. The van der Waals surface area contributed by atoms with Crippen LogP contribution in [0.15, 0.2) is 0 Å². The van der Waals surface area contributed by atoms with Crippen molar-refractivity contribution in [1.29, 1.82) is 0 Å². The fourth-order valence-corrected chi connectivity index (χ4v) is 7.01. The summed E-state index contributed by atoms with van der Waals surface area (Å²) in [7, 11) is 0. The fourth-order valence-electron chi connectivity index (χ4n) is 7.01. The Labute approximate surface area is 130 Å². The lowest BCUT2D eigenvalue weighted by atomic mass is 9.47. The highest BCUT2D eigenvalue weighted by molar-refractivity contribution is 5.07. The van der Waals surface area contributed by atoms with Crippen LogP contribution in [0, 0.1) is 29.1 Å². The molecular weight excluding hydrogens is 256 g/mol. The second-order valence-electron chi connectivity index (χ2n) is 9.25. The first kappa shape index (κ1) is 14.5. The quantitative estimate of drug-likeness (QED) is 0.841. The number of piperidine rings is 1. The molecule has 4 atom stereocenters. The van der Waals surface area contributed by atoms with E-state index < -0.39 is 0 Å². The Balaban J connectivity index is 1.55. The first-order chi connectivity index (χ1) is 9.98. The number of nitrogens with zero attached hydrogens (tertiary/aromatic N) is 1. The molecule has 2 N–H and O–H groups in total. The monoisotopic (exact) mass is 290 g/mol. The molecule has 0 aromatic carbocycles. The minimum Gasteiger partial charge on any atom is -0.327 e. The van der Waals surface area contributed by atoms with Gasteiger partial charge in [0.05, 0.1) is 0 Å². The van der Waals surface area contributed by atoms with Crippen molar-refractivity contribution < 1.29 is 0 Å². The fraction of sp³-hybridized carbons (Fsp3) is 1.00. The summed E-state index contributed by atoms with van der Waals surface area (Å²) >= 11 is 0. The maximum absolute atomic E-state index is 6.31. The van der Waals surface area contributed by atoms with Crippen molar-refractivity contribution >= 4 is 0 Å². The molecule has 4 saturated carbocycles. The smallest absolute Gasteiger partial charge is 0.0127 e. The van der Waals surface area contributed by atoms with Gasteiger partial charge in [-0.3, -0.25) is 4.90 Å². The lowest BCUT2D eigenvalue weighted by Crippen LogP contribution is -2.61. The van der Waals surface area contributed by atoms with Gasteiger partial charge in [-0.2, -0.15) is 0 Å². The molecule has 0 aromatic rings. The highest BCUT2D eigenvalue weighted by Gasteiger charge is 2.54. The normalized spacial score (nSPS) is 54.9. The molecule has 5 fully saturated rings. The predicted octanol–water partition coefficient (Wildman–Crippen LogP) is 3.65. The van der Waals surface area contributed by atoms with Gasteiger partial charge in [0, 0.05) is 24.7 Å². The van der Waals surface area contributed by atoms with E-state index in [9.17, 15) is 0 Å². The number of hydrogen-bond acceptors (Lipinski definition) is 2. The second kappa shape index (κ2) is 4.96. The van der Waals surface area contributed by atoms with E-state index in [2.05, 4.69) is 25.7 Å². The van der Waals surface area contributed by atoms with E-state index in [-0.39, 0.29) is 0 Å². The SMILES string of the molecule is CC1C(N)CCN(C(C)C23CC4CC(CC(C4)C2)C3)C1C. The molecule has 4 aliphatic carbocycles. The minimum absolute atomic E-state index is 0.416. The van der Waals surface area contributed by atoms with Gasteiger partial charge in [0.25, 0.3) is 0 Å². The first-order valence-electron chi connectivity index (χ1n) is 9.50. The molecule has 5 aliphatic rings. The van der Waals surface area contributed by atoms with Gasteiger partial charge in [-0.05, 0) is 87.9 Å². The summed E-state index contributed by atoms with van der Waals surface area (Å²) in [5.74, 6) is 3.85. The van der Waals surface area contributed by atoms with E-state index in [4.69, 9.17) is 5.73 Å². The summed E-state index contributed by atoms with van der Waals surface area (Å²) in [6.45, 7) is 8.59. The van der Waals surface area contributed by atoms with Crippen molar-refractivity contribution in [1.82, 2.24) is 4.90 Å². The Hall–Kier alpha value is -0.0800. The van der Waals surface area contributed by atoms with E-state index in [1.165, 1.54) is 32.2 Å². The largest absolute Gasteiger partial charge is 0.327 e. The average Bonchev–Trinajstić information content (AvgIpc) is 2.43. The number of likely N-dealkylation sites (tertiary alicyclic amines) is 1. The van der Waals surface area contributed by atoms with Crippen molar-refractivity contribution in [2.45, 2.75) is 83.8 Å². The first-order valence-corrected chi connectivity index (χ1v) is 9.50. The third-order valence-electron chi connectivity index (χ3n) is 8.15. The van der Waals surface area contributed by atoms with Crippen molar-refractivity contribution in [2.75, 3.05) is 6.54 Å². The van der Waals surface area contributed by atoms with Gasteiger partial charge in [0.15, 0.2) is 0 Å². The summed E-state index contributed by atoms with van der Waals surface area (Å²) in [5, 5.41) is 0. The van der Waals surface area contributed by atoms with Gasteiger partial charge in [0.2, 0.25) is 0 Å². The van der Waals surface area contributed by atoms with Crippen molar-refractivity contribution in [3.63, 3.8) is 0 Å². The van der Waals surface area contributed by atoms with Crippen LogP contribution in [0.4, 0.5) is 0 Å².